The second kappa shape index (κ2) is 30.0. The number of nitrogens with zero attached hydrogens (tertiary/aromatic N) is 2. The number of unbranched alkanes of at least 4 members (excludes halogenated alkanes) is 12. The van der Waals surface area contributed by atoms with Gasteiger partial charge in [0, 0.05) is 26.0 Å². The first-order chi connectivity index (χ1) is 44.3. The number of anilines is 3. The van der Waals surface area contributed by atoms with Gasteiger partial charge in [-0.2, -0.15) is 5.26 Å². The van der Waals surface area contributed by atoms with E-state index in [4.69, 9.17) is 18.9 Å². The fraction of sp³-hybridized carbons (Fsp3) is 0.325. The number of ether oxygens (including phenoxy) is 4. The average Bonchev–Trinajstić information content (AvgIpc) is 1.51. The van der Waals surface area contributed by atoms with Crippen LogP contribution in [-0.2, 0) is 15.6 Å². The van der Waals surface area contributed by atoms with Gasteiger partial charge < -0.3 is 29.0 Å². The van der Waals surface area contributed by atoms with Crippen molar-refractivity contribution in [2.45, 2.75) is 141 Å². The van der Waals surface area contributed by atoms with Gasteiger partial charge in [-0.25, -0.2) is 4.79 Å². The number of carbonyl (C=O) groups is 1. The maximum absolute atomic E-state index is 12.7. The summed E-state index contributed by atoms with van der Waals surface area (Å²) in [4.78, 5) is 17.9. The fourth-order valence-electron chi connectivity index (χ4n) is 13.3. The SMILES string of the molecule is CCCCCCOc1ccc(C2(c3ccc(OCCCCCC)cc3)c3cc4c(cc3-c3sc(/C=C(\C#N)C(=O)O)cc32)C(c2ccc(OCCCCCC)cc2)(c2ccc(OCCCCCC)cc2)c2cc(N(c3ccccc3)c3ccccc3)sc2-4)cc1. The van der Waals surface area contributed by atoms with Crippen molar-refractivity contribution in [3.8, 4) is 49.9 Å². The maximum atomic E-state index is 12.7. The first kappa shape index (κ1) is 63.2. The quantitative estimate of drug-likeness (QED) is 0.0247. The van der Waals surface area contributed by atoms with E-state index in [1.54, 1.807) is 0 Å². The zero-order chi connectivity index (χ0) is 62.3. The van der Waals surface area contributed by atoms with Crippen LogP contribution in [0.1, 0.15) is 180 Å². The molecule has 1 N–H and O–H groups in total. The number of rotatable bonds is 33. The molecule has 0 radical (unpaired) electrons. The summed E-state index contributed by atoms with van der Waals surface area (Å²) >= 11 is 3.35. The molecule has 0 atom stereocenters. The molecular formula is C80H84N2O6S2. The number of thiophene rings is 2. The predicted molar refractivity (Wildman–Crippen MR) is 371 cm³/mol. The zero-order valence-electron chi connectivity index (χ0n) is 52.7. The normalized spacial score (nSPS) is 13.2. The number of aliphatic carboxylic acids is 1. The summed E-state index contributed by atoms with van der Waals surface area (Å²) in [6, 6.07) is 67.8. The van der Waals surface area contributed by atoms with Gasteiger partial charge in [-0.15, -0.1) is 22.7 Å². The first-order valence-electron chi connectivity index (χ1n) is 32.9. The lowest BCUT2D eigenvalue weighted by Gasteiger charge is -2.36. The molecule has 0 saturated carbocycles. The molecule has 0 unspecified atom stereocenters. The lowest BCUT2D eigenvalue weighted by atomic mass is 9.66. The number of nitriles is 1. The number of benzene rings is 7. The fourth-order valence-corrected chi connectivity index (χ4v) is 15.8. The van der Waals surface area contributed by atoms with E-state index < -0.39 is 16.8 Å². The third-order valence-corrected chi connectivity index (χ3v) is 20.1. The predicted octanol–water partition coefficient (Wildman–Crippen LogP) is 21.8. The smallest absolute Gasteiger partial charge is 0.346 e. The Morgan fingerprint density at radius 1 is 0.444 bits per heavy atom. The summed E-state index contributed by atoms with van der Waals surface area (Å²) in [6.07, 6.45) is 19.3. The number of hydrogen-bond acceptors (Lipinski definition) is 9. The minimum atomic E-state index is -1.26. The molecular weight excluding hydrogens is 1150 g/mol. The van der Waals surface area contributed by atoms with Crippen LogP contribution in [0.3, 0.4) is 0 Å². The van der Waals surface area contributed by atoms with Crippen LogP contribution < -0.4 is 23.8 Å². The summed E-state index contributed by atoms with van der Waals surface area (Å²) in [5.74, 6) is 2.02. The van der Waals surface area contributed by atoms with Gasteiger partial charge in [-0.3, -0.25) is 0 Å². The Morgan fingerprint density at radius 3 is 1.12 bits per heavy atom. The highest BCUT2D eigenvalue weighted by Crippen LogP contribution is 2.66. The third kappa shape index (κ3) is 13.1. The zero-order valence-corrected chi connectivity index (χ0v) is 54.4. The Balaban J connectivity index is 1.19. The van der Waals surface area contributed by atoms with E-state index >= 15 is 0 Å². The Labute approximate surface area is 541 Å². The summed E-state index contributed by atoms with van der Waals surface area (Å²) in [7, 11) is 0. The van der Waals surface area contributed by atoms with Gasteiger partial charge in [-0.05, 0) is 184 Å². The molecule has 9 aromatic rings. The van der Waals surface area contributed by atoms with E-state index in [0.29, 0.717) is 31.3 Å². The van der Waals surface area contributed by atoms with Crippen molar-refractivity contribution in [2.75, 3.05) is 31.3 Å². The van der Waals surface area contributed by atoms with Crippen molar-refractivity contribution < 1.29 is 28.8 Å². The minimum Gasteiger partial charge on any atom is -0.494 e. The molecule has 0 bridgehead atoms. The minimum absolute atomic E-state index is 0.323. The molecule has 10 heteroatoms. The van der Waals surface area contributed by atoms with E-state index in [-0.39, 0.29) is 5.57 Å². The molecule has 7 aromatic carbocycles. The second-order valence-corrected chi connectivity index (χ2v) is 26.0. The van der Waals surface area contributed by atoms with Crippen LogP contribution in [0.4, 0.5) is 16.4 Å². The molecule has 462 valence electrons. The number of para-hydroxylation sites is 2. The molecule has 0 saturated heterocycles. The van der Waals surface area contributed by atoms with Gasteiger partial charge >= 0.3 is 5.97 Å². The lowest BCUT2D eigenvalue weighted by Crippen LogP contribution is -2.30. The van der Waals surface area contributed by atoms with Gasteiger partial charge in [0.2, 0.25) is 0 Å². The van der Waals surface area contributed by atoms with E-state index in [1.165, 1.54) is 53.5 Å². The highest BCUT2D eigenvalue weighted by Gasteiger charge is 2.53. The van der Waals surface area contributed by atoms with Crippen molar-refractivity contribution in [1.82, 2.24) is 0 Å². The Hall–Kier alpha value is -8.36. The van der Waals surface area contributed by atoms with E-state index in [0.717, 1.165) is 171 Å². The molecule has 90 heavy (non-hydrogen) atoms. The monoisotopic (exact) mass is 1230 g/mol. The lowest BCUT2D eigenvalue weighted by molar-refractivity contribution is -0.132. The van der Waals surface area contributed by atoms with Crippen LogP contribution in [-0.4, -0.2) is 37.5 Å². The standard InChI is InChI=1S/C80H84N2O6S2/c1-5-9-13-23-47-85-64-39-31-58(32-40-64)79(59-33-41-65(42-34-59)86-48-24-14-10-6-2)71-54-70-72(53-69(71)76-73(79)52-68(89-76)51-57(56-81)78(83)84)80(60-35-43-66(44-36-60)87-49-25-15-11-7-3,61-37-45-67(46-38-61)88-50-26-16-12-8-4)74-55-75(90-77(70)74)82(62-27-19-17-20-28-62)63-29-21-18-22-30-63/h17-22,27-46,51-55H,5-16,23-26,47-50H2,1-4H3,(H,83,84)/b57-51+. The Morgan fingerprint density at radius 2 is 0.789 bits per heavy atom. The van der Waals surface area contributed by atoms with Gasteiger partial charge in [0.1, 0.15) is 39.6 Å². The number of fused-ring (bicyclic) bond motifs is 6. The molecule has 2 aliphatic rings. The Kier molecular flexibility index (Phi) is 21.0. The van der Waals surface area contributed by atoms with Gasteiger partial charge in [0.05, 0.1) is 37.3 Å². The molecule has 0 fully saturated rings. The molecule has 0 spiro atoms. The highest BCUT2D eigenvalue weighted by molar-refractivity contribution is 7.20. The third-order valence-electron chi connectivity index (χ3n) is 17.8. The average molecular weight is 1230 g/mol. The van der Waals surface area contributed by atoms with Crippen molar-refractivity contribution in [1.29, 1.82) is 5.26 Å². The van der Waals surface area contributed by atoms with Gasteiger partial charge in [-0.1, -0.05) is 190 Å². The molecule has 8 nitrogen and oxygen atoms in total. The van der Waals surface area contributed by atoms with Gasteiger partial charge in [0.15, 0.2) is 0 Å². The van der Waals surface area contributed by atoms with Crippen molar-refractivity contribution in [2.24, 2.45) is 0 Å². The summed E-state index contributed by atoms with van der Waals surface area (Å²) < 4.78 is 25.9. The summed E-state index contributed by atoms with van der Waals surface area (Å²) in [5.41, 5.74) is 10.8. The molecule has 2 aromatic heterocycles. The van der Waals surface area contributed by atoms with Crippen molar-refractivity contribution in [3.63, 3.8) is 0 Å². The first-order valence-corrected chi connectivity index (χ1v) is 34.6. The number of hydrogen-bond donors (Lipinski definition) is 1. The Bertz CT molecular complexity index is 3730. The van der Waals surface area contributed by atoms with E-state index in [9.17, 15) is 15.2 Å². The molecule has 0 amide bonds. The van der Waals surface area contributed by atoms with Gasteiger partial charge in [0.25, 0.3) is 0 Å². The highest BCUT2D eigenvalue weighted by atomic mass is 32.1. The van der Waals surface area contributed by atoms with Crippen LogP contribution in [0.2, 0.25) is 0 Å². The van der Waals surface area contributed by atoms with Crippen LogP contribution >= 0.6 is 22.7 Å². The topological polar surface area (TPSA) is 101 Å². The van der Waals surface area contributed by atoms with E-state index in [1.807, 2.05) is 17.4 Å². The molecule has 0 aliphatic heterocycles. The second-order valence-electron chi connectivity index (χ2n) is 23.9. The largest absolute Gasteiger partial charge is 0.494 e. The van der Waals surface area contributed by atoms with Crippen LogP contribution in [0.15, 0.2) is 188 Å². The summed E-state index contributed by atoms with van der Waals surface area (Å²) in [6.45, 7) is 11.5. The van der Waals surface area contributed by atoms with Crippen molar-refractivity contribution in [3.05, 3.63) is 237 Å². The van der Waals surface area contributed by atoms with Crippen LogP contribution in [0.25, 0.3) is 27.0 Å². The molecule has 2 heterocycles. The van der Waals surface area contributed by atoms with E-state index in [2.05, 4.69) is 215 Å². The summed E-state index contributed by atoms with van der Waals surface area (Å²) in [5, 5.41) is 21.7. The number of carboxylic acid groups (broad SMARTS) is 1. The van der Waals surface area contributed by atoms with Crippen molar-refractivity contribution >= 4 is 51.1 Å². The van der Waals surface area contributed by atoms with Crippen LogP contribution in [0, 0.1) is 11.3 Å². The molecule has 11 rings (SSSR count). The molecule has 2 aliphatic carbocycles. The van der Waals surface area contributed by atoms with Crippen LogP contribution in [0.5, 0.6) is 23.0 Å². The number of carboxylic acids is 1. The maximum Gasteiger partial charge on any atom is 0.346 e.